The molecule has 108 valence electrons. The van der Waals surface area contributed by atoms with Crippen LogP contribution in [0.1, 0.15) is 62.4 Å². The second-order valence-electron chi connectivity index (χ2n) is 5.34. The van der Waals surface area contributed by atoms with Crippen LogP contribution in [0.15, 0.2) is 11.4 Å². The first kappa shape index (κ1) is 15.0. The maximum absolute atomic E-state index is 5.71. The molecule has 1 N–H and O–H groups in total. The average molecular weight is 281 g/mol. The van der Waals surface area contributed by atoms with Gasteiger partial charge in [0.2, 0.25) is 0 Å². The van der Waals surface area contributed by atoms with Crippen molar-refractivity contribution in [1.29, 1.82) is 0 Å². The van der Waals surface area contributed by atoms with Gasteiger partial charge >= 0.3 is 0 Å². The summed E-state index contributed by atoms with van der Waals surface area (Å²) in [6.45, 7) is 6.48. The van der Waals surface area contributed by atoms with E-state index in [1.807, 2.05) is 11.3 Å². The highest BCUT2D eigenvalue weighted by atomic mass is 32.1. The third-order valence-corrected chi connectivity index (χ3v) is 5.04. The molecule has 1 saturated heterocycles. The molecule has 3 heteroatoms. The Balaban J connectivity index is 1.85. The lowest BCUT2D eigenvalue weighted by molar-refractivity contribution is 0.101. The van der Waals surface area contributed by atoms with Gasteiger partial charge in [-0.05, 0) is 62.1 Å². The lowest BCUT2D eigenvalue weighted by atomic mass is 10.0. The van der Waals surface area contributed by atoms with Crippen molar-refractivity contribution in [2.45, 2.75) is 64.5 Å². The zero-order valence-electron chi connectivity index (χ0n) is 12.3. The lowest BCUT2D eigenvalue weighted by Crippen LogP contribution is -2.21. The molecule has 19 heavy (non-hydrogen) atoms. The van der Waals surface area contributed by atoms with Crippen LogP contribution in [0.25, 0.3) is 0 Å². The number of hydrogen-bond acceptors (Lipinski definition) is 3. The van der Waals surface area contributed by atoms with Crippen LogP contribution in [-0.4, -0.2) is 19.3 Å². The van der Waals surface area contributed by atoms with E-state index in [1.165, 1.54) is 37.7 Å². The molecule has 2 rings (SSSR count). The zero-order chi connectivity index (χ0) is 13.5. The van der Waals surface area contributed by atoms with Crippen molar-refractivity contribution in [3.8, 4) is 0 Å². The number of ether oxygens (including phenoxy) is 1. The maximum atomic E-state index is 5.71. The van der Waals surface area contributed by atoms with Crippen LogP contribution in [-0.2, 0) is 11.2 Å². The van der Waals surface area contributed by atoms with Crippen molar-refractivity contribution in [2.75, 3.05) is 13.2 Å². The van der Waals surface area contributed by atoms with Crippen LogP contribution < -0.4 is 5.32 Å². The highest BCUT2D eigenvalue weighted by molar-refractivity contribution is 7.10. The second-order valence-corrected chi connectivity index (χ2v) is 6.29. The van der Waals surface area contributed by atoms with Gasteiger partial charge in [0.25, 0.3) is 0 Å². The third kappa shape index (κ3) is 4.30. The smallest absolute Gasteiger partial charge is 0.0576 e. The minimum Gasteiger partial charge on any atom is -0.378 e. The summed E-state index contributed by atoms with van der Waals surface area (Å²) in [5.74, 6) is 0. The summed E-state index contributed by atoms with van der Waals surface area (Å²) in [4.78, 5) is 1.55. The van der Waals surface area contributed by atoms with E-state index in [-0.39, 0.29) is 0 Å². The second kappa shape index (κ2) is 8.03. The van der Waals surface area contributed by atoms with Gasteiger partial charge in [-0.3, -0.25) is 0 Å². The molecule has 0 aliphatic carbocycles. The number of thiophene rings is 1. The first-order valence-corrected chi connectivity index (χ1v) is 8.64. The molecular formula is C16H27NOS. The molecule has 2 atom stereocenters. The van der Waals surface area contributed by atoms with E-state index in [9.17, 15) is 0 Å². The van der Waals surface area contributed by atoms with E-state index in [1.54, 1.807) is 4.88 Å². The van der Waals surface area contributed by atoms with E-state index in [0.717, 1.165) is 19.6 Å². The van der Waals surface area contributed by atoms with E-state index in [0.29, 0.717) is 12.1 Å². The lowest BCUT2D eigenvalue weighted by Gasteiger charge is -2.19. The van der Waals surface area contributed by atoms with Crippen LogP contribution in [0.3, 0.4) is 0 Å². The Hall–Kier alpha value is -0.380. The van der Waals surface area contributed by atoms with Crippen molar-refractivity contribution in [3.05, 3.63) is 21.9 Å². The predicted octanol–water partition coefficient (Wildman–Crippen LogP) is 4.31. The zero-order valence-corrected chi connectivity index (χ0v) is 13.1. The van der Waals surface area contributed by atoms with Crippen LogP contribution in [0.5, 0.6) is 0 Å². The van der Waals surface area contributed by atoms with Gasteiger partial charge in [-0.2, -0.15) is 0 Å². The molecule has 2 heterocycles. The van der Waals surface area contributed by atoms with E-state index < -0.39 is 0 Å². The molecule has 0 aromatic carbocycles. The molecule has 1 fully saturated rings. The standard InChI is InChI=1S/C16H27NOS/c1-3-13-10-12-19-16(13)15(17-4-2)9-5-7-14-8-6-11-18-14/h10,12,14-15,17H,3-9,11H2,1-2H3. The summed E-state index contributed by atoms with van der Waals surface area (Å²) in [5, 5.41) is 5.89. The van der Waals surface area contributed by atoms with E-state index in [4.69, 9.17) is 4.74 Å². The van der Waals surface area contributed by atoms with Gasteiger partial charge in [0.1, 0.15) is 0 Å². The molecule has 0 spiro atoms. The first-order chi connectivity index (χ1) is 9.35. The SMILES string of the molecule is CCNC(CCCC1CCCO1)c1sccc1CC. The average Bonchev–Trinajstić information content (AvgIpc) is 3.08. The molecule has 0 amide bonds. The van der Waals surface area contributed by atoms with Gasteiger partial charge in [0.05, 0.1) is 6.10 Å². The van der Waals surface area contributed by atoms with Crippen LogP contribution in [0.2, 0.25) is 0 Å². The number of aryl methyl sites for hydroxylation is 1. The van der Waals surface area contributed by atoms with Gasteiger partial charge in [0.15, 0.2) is 0 Å². The predicted molar refractivity (Wildman–Crippen MR) is 82.9 cm³/mol. The van der Waals surface area contributed by atoms with Crippen molar-refractivity contribution in [1.82, 2.24) is 5.32 Å². The fourth-order valence-corrected chi connectivity index (χ4v) is 4.05. The molecule has 1 aliphatic heterocycles. The molecular weight excluding hydrogens is 254 g/mol. The number of nitrogens with one attached hydrogen (secondary N) is 1. The summed E-state index contributed by atoms with van der Waals surface area (Å²) in [6.07, 6.45) is 7.94. The van der Waals surface area contributed by atoms with Gasteiger partial charge in [0, 0.05) is 17.5 Å². The van der Waals surface area contributed by atoms with E-state index >= 15 is 0 Å². The topological polar surface area (TPSA) is 21.3 Å². The Bertz CT molecular complexity index is 357. The molecule has 2 nitrogen and oxygen atoms in total. The third-order valence-electron chi connectivity index (χ3n) is 3.97. The molecule has 1 aliphatic rings. The quantitative estimate of drug-likeness (QED) is 0.766. The molecule has 0 bridgehead atoms. The minimum atomic E-state index is 0.538. The maximum Gasteiger partial charge on any atom is 0.0576 e. The Kier molecular flexibility index (Phi) is 6.35. The van der Waals surface area contributed by atoms with Crippen molar-refractivity contribution < 1.29 is 4.74 Å². The summed E-state index contributed by atoms with van der Waals surface area (Å²) < 4.78 is 5.71. The van der Waals surface area contributed by atoms with Gasteiger partial charge in [-0.1, -0.05) is 13.8 Å². The van der Waals surface area contributed by atoms with Crippen LogP contribution in [0, 0.1) is 0 Å². The fourth-order valence-electron chi connectivity index (χ4n) is 2.94. The fraction of sp³-hybridized carbons (Fsp3) is 0.750. The summed E-state index contributed by atoms with van der Waals surface area (Å²) in [5.41, 5.74) is 1.52. The molecule has 2 unspecified atom stereocenters. The van der Waals surface area contributed by atoms with Crippen LogP contribution >= 0.6 is 11.3 Å². The normalized spacial score (nSPS) is 20.8. The first-order valence-electron chi connectivity index (χ1n) is 7.76. The summed E-state index contributed by atoms with van der Waals surface area (Å²) >= 11 is 1.91. The van der Waals surface area contributed by atoms with E-state index in [2.05, 4.69) is 30.6 Å². The Morgan fingerprint density at radius 1 is 1.47 bits per heavy atom. The molecule has 0 saturated carbocycles. The highest BCUT2D eigenvalue weighted by Crippen LogP contribution is 2.29. The van der Waals surface area contributed by atoms with Crippen molar-refractivity contribution in [2.24, 2.45) is 0 Å². The molecule has 1 aromatic heterocycles. The summed E-state index contributed by atoms with van der Waals surface area (Å²) in [6, 6.07) is 2.83. The monoisotopic (exact) mass is 281 g/mol. The highest BCUT2D eigenvalue weighted by Gasteiger charge is 2.18. The summed E-state index contributed by atoms with van der Waals surface area (Å²) in [7, 11) is 0. The Morgan fingerprint density at radius 3 is 3.05 bits per heavy atom. The van der Waals surface area contributed by atoms with Crippen molar-refractivity contribution >= 4 is 11.3 Å². The van der Waals surface area contributed by atoms with Gasteiger partial charge in [-0.25, -0.2) is 0 Å². The van der Waals surface area contributed by atoms with Gasteiger partial charge in [-0.15, -0.1) is 11.3 Å². The molecule has 0 radical (unpaired) electrons. The van der Waals surface area contributed by atoms with Crippen LogP contribution in [0.4, 0.5) is 0 Å². The number of rotatable bonds is 8. The largest absolute Gasteiger partial charge is 0.378 e. The Morgan fingerprint density at radius 2 is 2.37 bits per heavy atom. The van der Waals surface area contributed by atoms with Gasteiger partial charge < -0.3 is 10.1 Å². The Labute approximate surface area is 121 Å². The van der Waals surface area contributed by atoms with Crippen molar-refractivity contribution in [3.63, 3.8) is 0 Å². The molecule has 1 aromatic rings. The number of hydrogen-bond donors (Lipinski definition) is 1. The minimum absolute atomic E-state index is 0.538.